The molecule has 0 aliphatic carbocycles. The van der Waals surface area contributed by atoms with Gasteiger partial charge in [-0.05, 0) is 36.1 Å². The molecule has 0 N–H and O–H groups in total. The SMILES string of the molecule is COC(=O)C1(C(=O)OC)Cc2cc(C#N)cc3c2N(CCC3)C1. The number of rotatable bonds is 2. The van der Waals surface area contributed by atoms with Gasteiger partial charge in [-0.15, -0.1) is 0 Å². The van der Waals surface area contributed by atoms with Crippen LogP contribution in [0.3, 0.4) is 0 Å². The normalized spacial score (nSPS) is 17.7. The first kappa shape index (κ1) is 15.3. The Hall–Kier alpha value is -2.55. The number of aryl methyl sites for hydroxylation is 1. The highest BCUT2D eigenvalue weighted by Gasteiger charge is 2.53. The summed E-state index contributed by atoms with van der Waals surface area (Å²) in [4.78, 5) is 26.9. The van der Waals surface area contributed by atoms with Crippen molar-refractivity contribution in [2.75, 3.05) is 32.2 Å². The average Bonchev–Trinajstić information content (AvgIpc) is 2.59. The van der Waals surface area contributed by atoms with Crippen LogP contribution in [0.5, 0.6) is 0 Å². The maximum Gasteiger partial charge on any atom is 0.325 e. The van der Waals surface area contributed by atoms with Gasteiger partial charge in [-0.25, -0.2) is 0 Å². The van der Waals surface area contributed by atoms with Crippen molar-refractivity contribution in [1.82, 2.24) is 0 Å². The summed E-state index contributed by atoms with van der Waals surface area (Å²) in [6, 6.07) is 5.81. The largest absolute Gasteiger partial charge is 0.468 e. The van der Waals surface area contributed by atoms with Crippen LogP contribution < -0.4 is 4.90 Å². The van der Waals surface area contributed by atoms with Gasteiger partial charge >= 0.3 is 11.9 Å². The fraction of sp³-hybridized carbons (Fsp3) is 0.471. The van der Waals surface area contributed by atoms with Crippen molar-refractivity contribution in [3.8, 4) is 6.07 Å². The number of ether oxygens (including phenoxy) is 2. The van der Waals surface area contributed by atoms with E-state index in [0.29, 0.717) is 5.56 Å². The first-order valence-corrected chi connectivity index (χ1v) is 7.53. The zero-order chi connectivity index (χ0) is 16.6. The maximum absolute atomic E-state index is 12.4. The van der Waals surface area contributed by atoms with Crippen LogP contribution in [0.4, 0.5) is 5.69 Å². The predicted molar refractivity (Wildman–Crippen MR) is 81.9 cm³/mol. The lowest BCUT2D eigenvalue weighted by atomic mass is 9.75. The van der Waals surface area contributed by atoms with E-state index in [4.69, 9.17) is 9.47 Å². The molecule has 6 nitrogen and oxygen atoms in total. The van der Waals surface area contributed by atoms with E-state index in [1.54, 1.807) is 6.07 Å². The standard InChI is InChI=1S/C17H18N2O4/c1-22-15(20)17(16(21)23-2)8-13-7-11(9-18)6-12-4-3-5-19(10-17)14(12)13/h6-7H,3-5,8,10H2,1-2H3. The number of methoxy groups -OCH3 is 2. The molecule has 0 bridgehead atoms. The van der Waals surface area contributed by atoms with Crippen molar-refractivity contribution in [3.05, 3.63) is 28.8 Å². The number of hydrogen-bond donors (Lipinski definition) is 0. The Morgan fingerprint density at radius 2 is 1.87 bits per heavy atom. The van der Waals surface area contributed by atoms with E-state index in [2.05, 4.69) is 6.07 Å². The van der Waals surface area contributed by atoms with Crippen molar-refractivity contribution in [2.24, 2.45) is 5.41 Å². The second kappa shape index (κ2) is 5.58. The van der Waals surface area contributed by atoms with Gasteiger partial charge in [0.05, 0.1) is 25.9 Å². The van der Waals surface area contributed by atoms with E-state index in [1.807, 2.05) is 11.0 Å². The van der Waals surface area contributed by atoms with Crippen LogP contribution in [-0.4, -0.2) is 39.2 Å². The number of hydrogen-bond acceptors (Lipinski definition) is 6. The monoisotopic (exact) mass is 314 g/mol. The Kier molecular flexibility index (Phi) is 3.72. The third-order valence-corrected chi connectivity index (χ3v) is 4.69. The molecular weight excluding hydrogens is 296 g/mol. The van der Waals surface area contributed by atoms with Gasteiger partial charge in [-0.3, -0.25) is 9.59 Å². The van der Waals surface area contributed by atoms with Crippen molar-refractivity contribution in [2.45, 2.75) is 19.3 Å². The smallest absolute Gasteiger partial charge is 0.325 e. The molecule has 0 spiro atoms. The summed E-state index contributed by atoms with van der Waals surface area (Å²) in [6.07, 6.45) is 2.01. The molecule has 0 amide bonds. The second-order valence-electron chi connectivity index (χ2n) is 6.02. The minimum atomic E-state index is -1.38. The summed E-state index contributed by atoms with van der Waals surface area (Å²) in [6.45, 7) is 1.01. The molecule has 0 aromatic heterocycles. The Labute approximate surface area is 134 Å². The van der Waals surface area contributed by atoms with Crippen molar-refractivity contribution in [1.29, 1.82) is 5.26 Å². The third-order valence-electron chi connectivity index (χ3n) is 4.69. The Balaban J connectivity index is 2.17. The maximum atomic E-state index is 12.4. The van der Waals surface area contributed by atoms with E-state index in [0.717, 1.165) is 36.2 Å². The molecule has 120 valence electrons. The molecule has 0 fully saturated rings. The molecule has 1 aromatic rings. The highest BCUT2D eigenvalue weighted by Crippen LogP contribution is 2.43. The molecule has 0 atom stereocenters. The van der Waals surface area contributed by atoms with Crippen LogP contribution in [0, 0.1) is 16.7 Å². The number of nitriles is 1. The Bertz CT molecular complexity index is 704. The van der Waals surface area contributed by atoms with Crippen LogP contribution >= 0.6 is 0 Å². The van der Waals surface area contributed by atoms with Gasteiger partial charge in [0.15, 0.2) is 5.41 Å². The average molecular weight is 314 g/mol. The first-order chi connectivity index (χ1) is 11.1. The van der Waals surface area contributed by atoms with Crippen LogP contribution in [0.2, 0.25) is 0 Å². The second-order valence-corrected chi connectivity index (χ2v) is 6.02. The molecule has 0 radical (unpaired) electrons. The first-order valence-electron chi connectivity index (χ1n) is 7.53. The molecule has 2 aliphatic rings. The number of carbonyl (C=O) groups is 2. The van der Waals surface area contributed by atoms with Gasteiger partial charge in [-0.1, -0.05) is 0 Å². The fourth-order valence-corrected chi connectivity index (χ4v) is 3.74. The van der Waals surface area contributed by atoms with E-state index in [-0.39, 0.29) is 13.0 Å². The lowest BCUT2D eigenvalue weighted by Crippen LogP contribution is -2.55. The summed E-state index contributed by atoms with van der Waals surface area (Å²) < 4.78 is 9.79. The zero-order valence-corrected chi connectivity index (χ0v) is 13.2. The van der Waals surface area contributed by atoms with Gasteiger partial charge in [0, 0.05) is 25.2 Å². The number of anilines is 1. The molecule has 2 aliphatic heterocycles. The minimum Gasteiger partial charge on any atom is -0.468 e. The minimum absolute atomic E-state index is 0.195. The van der Waals surface area contributed by atoms with E-state index in [1.165, 1.54) is 14.2 Å². The zero-order valence-electron chi connectivity index (χ0n) is 13.2. The molecule has 0 saturated heterocycles. The summed E-state index contributed by atoms with van der Waals surface area (Å²) in [7, 11) is 2.55. The van der Waals surface area contributed by atoms with E-state index >= 15 is 0 Å². The summed E-state index contributed by atoms with van der Waals surface area (Å²) >= 11 is 0. The van der Waals surface area contributed by atoms with Crippen LogP contribution in [0.1, 0.15) is 23.1 Å². The summed E-state index contributed by atoms with van der Waals surface area (Å²) in [5.74, 6) is -1.19. The Morgan fingerprint density at radius 1 is 1.22 bits per heavy atom. The quantitative estimate of drug-likeness (QED) is 0.603. The number of carbonyl (C=O) groups excluding carboxylic acids is 2. The number of esters is 2. The summed E-state index contributed by atoms with van der Waals surface area (Å²) in [5, 5.41) is 9.24. The van der Waals surface area contributed by atoms with Gasteiger partial charge in [0.1, 0.15) is 0 Å². The van der Waals surface area contributed by atoms with Gasteiger partial charge < -0.3 is 14.4 Å². The van der Waals surface area contributed by atoms with Crippen LogP contribution in [0.25, 0.3) is 0 Å². The van der Waals surface area contributed by atoms with Crippen molar-refractivity contribution in [3.63, 3.8) is 0 Å². The number of benzene rings is 1. The molecule has 1 aromatic carbocycles. The van der Waals surface area contributed by atoms with Crippen molar-refractivity contribution >= 4 is 17.6 Å². The highest BCUT2D eigenvalue weighted by atomic mass is 16.5. The molecule has 0 saturated carbocycles. The Morgan fingerprint density at radius 3 is 2.48 bits per heavy atom. The fourth-order valence-electron chi connectivity index (χ4n) is 3.74. The van der Waals surface area contributed by atoms with E-state index < -0.39 is 17.4 Å². The number of nitrogens with zero attached hydrogens (tertiary/aromatic N) is 2. The molecule has 6 heteroatoms. The molecular formula is C17H18N2O4. The van der Waals surface area contributed by atoms with E-state index in [9.17, 15) is 14.9 Å². The highest BCUT2D eigenvalue weighted by molar-refractivity contribution is 6.02. The lowest BCUT2D eigenvalue weighted by Gasteiger charge is -2.44. The molecule has 2 heterocycles. The van der Waals surface area contributed by atoms with Gasteiger partial charge in [0.25, 0.3) is 0 Å². The predicted octanol–water partition coefficient (Wildman–Crippen LogP) is 1.20. The topological polar surface area (TPSA) is 79.6 Å². The molecule has 3 rings (SSSR count). The molecule has 0 unspecified atom stereocenters. The van der Waals surface area contributed by atoms with Crippen molar-refractivity contribution < 1.29 is 19.1 Å². The van der Waals surface area contributed by atoms with Crippen LogP contribution in [0.15, 0.2) is 12.1 Å². The lowest BCUT2D eigenvalue weighted by molar-refractivity contribution is -0.168. The van der Waals surface area contributed by atoms with Gasteiger partial charge in [0.2, 0.25) is 0 Å². The third kappa shape index (κ3) is 2.24. The van der Waals surface area contributed by atoms with Crippen LogP contribution in [-0.2, 0) is 31.9 Å². The molecule has 23 heavy (non-hydrogen) atoms. The van der Waals surface area contributed by atoms with Gasteiger partial charge in [-0.2, -0.15) is 5.26 Å². The summed E-state index contributed by atoms with van der Waals surface area (Å²) in [5.41, 5.74) is 2.17.